The van der Waals surface area contributed by atoms with Gasteiger partial charge in [0.05, 0.1) is 5.75 Å². The molecule has 0 atom stereocenters. The molecule has 1 aliphatic carbocycles. The number of benzene rings is 1. The predicted molar refractivity (Wildman–Crippen MR) is 72.4 cm³/mol. The van der Waals surface area contributed by atoms with Gasteiger partial charge < -0.3 is 5.73 Å². The van der Waals surface area contributed by atoms with Crippen LogP contribution in [0.1, 0.15) is 24.8 Å². The van der Waals surface area contributed by atoms with E-state index in [4.69, 9.17) is 5.73 Å². The summed E-state index contributed by atoms with van der Waals surface area (Å²) < 4.78 is 26.6. The van der Waals surface area contributed by atoms with Crippen molar-refractivity contribution in [1.82, 2.24) is 4.72 Å². The molecule has 0 amide bonds. The molecule has 0 bridgehead atoms. The summed E-state index contributed by atoms with van der Waals surface area (Å²) in [6.45, 7) is 1.15. The van der Waals surface area contributed by atoms with E-state index >= 15 is 0 Å². The Morgan fingerprint density at radius 3 is 2.44 bits per heavy atom. The minimum Gasteiger partial charge on any atom is -0.330 e. The summed E-state index contributed by atoms with van der Waals surface area (Å²) in [4.78, 5) is 0. The van der Waals surface area contributed by atoms with Crippen LogP contribution in [0.25, 0.3) is 0 Å². The summed E-state index contributed by atoms with van der Waals surface area (Å²) in [7, 11) is -3.24. The standard InChI is InChI=1S/C13H20N2O2S/c14-9-8-13(6-7-13)11-15-18(16,17)10-12-4-2-1-3-5-12/h1-5,15H,6-11,14H2. The highest BCUT2D eigenvalue weighted by Crippen LogP contribution is 2.47. The van der Waals surface area contributed by atoms with Gasteiger partial charge in [0.1, 0.15) is 0 Å². The van der Waals surface area contributed by atoms with Crippen molar-refractivity contribution < 1.29 is 8.42 Å². The van der Waals surface area contributed by atoms with Crippen LogP contribution in [0.4, 0.5) is 0 Å². The SMILES string of the molecule is NCCC1(CNS(=O)(=O)Cc2ccccc2)CC1. The molecule has 1 aliphatic rings. The molecular weight excluding hydrogens is 248 g/mol. The third-order valence-corrected chi connectivity index (χ3v) is 4.80. The zero-order valence-electron chi connectivity index (χ0n) is 10.4. The Morgan fingerprint density at radius 2 is 1.89 bits per heavy atom. The number of nitrogens with one attached hydrogen (secondary N) is 1. The maximum Gasteiger partial charge on any atom is 0.215 e. The number of nitrogens with two attached hydrogens (primary N) is 1. The van der Waals surface area contributed by atoms with Crippen molar-refractivity contribution >= 4 is 10.0 Å². The lowest BCUT2D eigenvalue weighted by atomic mass is 10.0. The fraction of sp³-hybridized carbons (Fsp3) is 0.538. The molecule has 1 aromatic rings. The number of rotatable bonds is 7. The number of sulfonamides is 1. The fourth-order valence-corrected chi connectivity index (χ4v) is 3.37. The minimum atomic E-state index is -3.24. The van der Waals surface area contributed by atoms with E-state index in [0.717, 1.165) is 24.8 Å². The second-order valence-corrected chi connectivity index (χ2v) is 6.91. The van der Waals surface area contributed by atoms with Crippen molar-refractivity contribution in [2.24, 2.45) is 11.1 Å². The summed E-state index contributed by atoms with van der Waals surface area (Å²) >= 11 is 0. The lowest BCUT2D eigenvalue weighted by Crippen LogP contribution is -2.32. The summed E-state index contributed by atoms with van der Waals surface area (Å²) in [6, 6.07) is 9.23. The molecule has 0 aliphatic heterocycles. The summed E-state index contributed by atoms with van der Waals surface area (Å²) in [5.74, 6) is 0.0482. The Kier molecular flexibility index (Phi) is 4.04. The average molecular weight is 268 g/mol. The zero-order valence-corrected chi connectivity index (χ0v) is 11.2. The Hall–Kier alpha value is -0.910. The van der Waals surface area contributed by atoms with E-state index in [-0.39, 0.29) is 11.2 Å². The maximum atomic E-state index is 11.9. The number of hydrogen-bond donors (Lipinski definition) is 2. The molecule has 2 rings (SSSR count). The summed E-state index contributed by atoms with van der Waals surface area (Å²) in [5.41, 5.74) is 6.49. The highest BCUT2D eigenvalue weighted by molar-refractivity contribution is 7.88. The summed E-state index contributed by atoms with van der Waals surface area (Å²) in [5, 5.41) is 0. The van der Waals surface area contributed by atoms with Crippen molar-refractivity contribution in [3.8, 4) is 0 Å². The fourth-order valence-electron chi connectivity index (χ4n) is 2.11. The minimum absolute atomic E-state index is 0.0482. The topological polar surface area (TPSA) is 72.2 Å². The molecule has 18 heavy (non-hydrogen) atoms. The average Bonchev–Trinajstić information content (AvgIpc) is 3.09. The molecule has 1 saturated carbocycles. The molecule has 0 radical (unpaired) electrons. The van der Waals surface area contributed by atoms with E-state index in [2.05, 4.69) is 4.72 Å². The van der Waals surface area contributed by atoms with Crippen LogP contribution in [0.3, 0.4) is 0 Å². The van der Waals surface area contributed by atoms with E-state index in [0.29, 0.717) is 13.1 Å². The van der Waals surface area contributed by atoms with Gasteiger partial charge in [0.2, 0.25) is 10.0 Å². The molecular formula is C13H20N2O2S. The highest BCUT2D eigenvalue weighted by atomic mass is 32.2. The van der Waals surface area contributed by atoms with Gasteiger partial charge in [0.15, 0.2) is 0 Å². The molecule has 3 N–H and O–H groups in total. The first kappa shape index (κ1) is 13.5. The molecule has 0 heterocycles. The predicted octanol–water partition coefficient (Wildman–Crippen LogP) is 1.24. The summed E-state index contributed by atoms with van der Waals surface area (Å²) in [6.07, 6.45) is 3.07. The Labute approximate surface area is 109 Å². The molecule has 0 spiro atoms. The monoisotopic (exact) mass is 268 g/mol. The van der Waals surface area contributed by atoms with E-state index in [1.54, 1.807) is 0 Å². The van der Waals surface area contributed by atoms with E-state index in [1.807, 2.05) is 30.3 Å². The first-order chi connectivity index (χ1) is 8.55. The Bertz CT molecular complexity index is 481. The lowest BCUT2D eigenvalue weighted by molar-refractivity contribution is 0.461. The second kappa shape index (κ2) is 5.38. The van der Waals surface area contributed by atoms with Gasteiger partial charge in [-0.25, -0.2) is 13.1 Å². The molecule has 4 nitrogen and oxygen atoms in total. The van der Waals surface area contributed by atoms with Gasteiger partial charge in [-0.1, -0.05) is 30.3 Å². The third-order valence-electron chi connectivity index (χ3n) is 3.50. The van der Waals surface area contributed by atoms with Crippen molar-refractivity contribution in [2.45, 2.75) is 25.0 Å². The molecule has 1 aromatic carbocycles. The normalized spacial score (nSPS) is 17.6. The molecule has 100 valence electrons. The Balaban J connectivity index is 1.88. The van der Waals surface area contributed by atoms with E-state index in [9.17, 15) is 8.42 Å². The quantitative estimate of drug-likeness (QED) is 0.781. The molecule has 1 fully saturated rings. The van der Waals surface area contributed by atoms with Crippen LogP contribution in [0.5, 0.6) is 0 Å². The zero-order chi connectivity index (χ0) is 13.1. The van der Waals surface area contributed by atoms with Crippen LogP contribution >= 0.6 is 0 Å². The van der Waals surface area contributed by atoms with Gasteiger partial charge in [-0.3, -0.25) is 0 Å². The molecule has 0 aromatic heterocycles. The second-order valence-electron chi connectivity index (χ2n) is 5.10. The van der Waals surface area contributed by atoms with Crippen LogP contribution in [0.15, 0.2) is 30.3 Å². The highest BCUT2D eigenvalue weighted by Gasteiger charge is 2.42. The van der Waals surface area contributed by atoms with Crippen molar-refractivity contribution in [1.29, 1.82) is 0 Å². The van der Waals surface area contributed by atoms with E-state index in [1.165, 1.54) is 0 Å². The molecule has 0 unspecified atom stereocenters. The molecule has 0 saturated heterocycles. The van der Waals surface area contributed by atoms with Gasteiger partial charge >= 0.3 is 0 Å². The van der Waals surface area contributed by atoms with Crippen LogP contribution in [-0.4, -0.2) is 21.5 Å². The Morgan fingerprint density at radius 1 is 1.22 bits per heavy atom. The van der Waals surface area contributed by atoms with Gasteiger partial charge in [0.25, 0.3) is 0 Å². The lowest BCUT2D eigenvalue weighted by Gasteiger charge is -2.15. The van der Waals surface area contributed by atoms with Gasteiger partial charge in [-0.2, -0.15) is 0 Å². The van der Waals surface area contributed by atoms with Gasteiger partial charge in [0, 0.05) is 6.54 Å². The smallest absolute Gasteiger partial charge is 0.215 e. The first-order valence-electron chi connectivity index (χ1n) is 6.27. The number of hydrogen-bond acceptors (Lipinski definition) is 3. The van der Waals surface area contributed by atoms with Gasteiger partial charge in [-0.15, -0.1) is 0 Å². The van der Waals surface area contributed by atoms with E-state index < -0.39 is 10.0 Å². The molecule has 5 heteroatoms. The van der Waals surface area contributed by atoms with Crippen molar-refractivity contribution in [2.75, 3.05) is 13.1 Å². The van der Waals surface area contributed by atoms with Crippen molar-refractivity contribution in [3.05, 3.63) is 35.9 Å². The van der Waals surface area contributed by atoms with Crippen LogP contribution in [-0.2, 0) is 15.8 Å². The van der Waals surface area contributed by atoms with Crippen LogP contribution in [0.2, 0.25) is 0 Å². The van der Waals surface area contributed by atoms with Crippen LogP contribution in [0, 0.1) is 5.41 Å². The van der Waals surface area contributed by atoms with Gasteiger partial charge in [-0.05, 0) is 36.8 Å². The maximum absolute atomic E-state index is 11.9. The van der Waals surface area contributed by atoms with Crippen LogP contribution < -0.4 is 10.5 Å². The van der Waals surface area contributed by atoms with Crippen molar-refractivity contribution in [3.63, 3.8) is 0 Å². The third kappa shape index (κ3) is 3.80. The first-order valence-corrected chi connectivity index (χ1v) is 7.92. The largest absolute Gasteiger partial charge is 0.330 e.